The maximum Gasteiger partial charge on any atom is 0.425 e. The van der Waals surface area contributed by atoms with E-state index in [-0.39, 0.29) is 10.6 Å². The lowest BCUT2D eigenvalue weighted by atomic mass is 10.1. The minimum absolute atomic E-state index is 0.0277. The van der Waals surface area contributed by atoms with E-state index in [1.807, 2.05) is 0 Å². The molecular formula is C18H15F3N2O2S. The molecule has 0 aromatic heterocycles. The molecular weight excluding hydrogens is 365 g/mol. The van der Waals surface area contributed by atoms with E-state index in [4.69, 9.17) is 4.74 Å². The summed E-state index contributed by atoms with van der Waals surface area (Å²) >= 11 is 0.454. The van der Waals surface area contributed by atoms with Gasteiger partial charge in [0.05, 0.1) is 17.8 Å². The highest BCUT2D eigenvalue weighted by molar-refractivity contribution is 8.04. The number of benzene rings is 2. The van der Waals surface area contributed by atoms with Crippen LogP contribution in [0.25, 0.3) is 0 Å². The molecule has 4 nitrogen and oxygen atoms in total. The molecule has 0 aliphatic carbocycles. The fourth-order valence-electron chi connectivity index (χ4n) is 2.66. The number of halogens is 3. The highest BCUT2D eigenvalue weighted by Gasteiger charge is 2.61. The lowest BCUT2D eigenvalue weighted by molar-refractivity contribution is -0.167. The van der Waals surface area contributed by atoms with Gasteiger partial charge in [0.2, 0.25) is 4.87 Å². The molecule has 1 fully saturated rings. The van der Waals surface area contributed by atoms with Crippen molar-refractivity contribution in [1.82, 2.24) is 5.32 Å². The number of alkyl halides is 3. The Balaban J connectivity index is 2.00. The largest absolute Gasteiger partial charge is 0.497 e. The standard InChI is InChI=1S/C18H15F3N2O2S/c1-12-23(14-8-10-15(25-2)11-9-14)16(24)22-17(26-12,18(19,20)21)13-6-4-3-5-7-13/h3-11H,1H2,2H3,(H,22,24). The van der Waals surface area contributed by atoms with Crippen molar-refractivity contribution in [2.45, 2.75) is 11.0 Å². The molecule has 136 valence electrons. The van der Waals surface area contributed by atoms with Crippen LogP contribution in [-0.4, -0.2) is 19.3 Å². The van der Waals surface area contributed by atoms with E-state index < -0.39 is 17.1 Å². The molecule has 0 radical (unpaired) electrons. The molecule has 0 saturated carbocycles. The minimum Gasteiger partial charge on any atom is -0.497 e. The molecule has 8 heteroatoms. The Hall–Kier alpha value is -2.61. The zero-order chi connectivity index (χ0) is 18.9. The average Bonchev–Trinajstić information content (AvgIpc) is 2.61. The number of nitrogens with one attached hydrogen (secondary N) is 1. The molecule has 1 aliphatic rings. The van der Waals surface area contributed by atoms with Gasteiger partial charge in [0.15, 0.2) is 0 Å². The third-order valence-electron chi connectivity index (χ3n) is 3.92. The van der Waals surface area contributed by atoms with Gasteiger partial charge in [0.25, 0.3) is 0 Å². The molecule has 2 aromatic rings. The summed E-state index contributed by atoms with van der Waals surface area (Å²) in [5, 5.41) is 2.10. The molecule has 2 aromatic carbocycles. The van der Waals surface area contributed by atoms with E-state index in [2.05, 4.69) is 11.9 Å². The van der Waals surface area contributed by atoms with Crippen LogP contribution in [-0.2, 0) is 4.87 Å². The van der Waals surface area contributed by atoms with Crippen LogP contribution in [0.4, 0.5) is 23.7 Å². The first kappa shape index (κ1) is 18.2. The Morgan fingerprint density at radius 2 is 1.73 bits per heavy atom. The number of ether oxygens (including phenoxy) is 1. The molecule has 1 aliphatic heterocycles. The average molecular weight is 380 g/mol. The van der Waals surface area contributed by atoms with E-state index in [1.54, 1.807) is 30.3 Å². The summed E-state index contributed by atoms with van der Waals surface area (Å²) in [6.45, 7) is 3.70. The topological polar surface area (TPSA) is 41.6 Å². The Morgan fingerprint density at radius 3 is 2.23 bits per heavy atom. The van der Waals surface area contributed by atoms with Crippen molar-refractivity contribution in [3.8, 4) is 5.75 Å². The van der Waals surface area contributed by atoms with E-state index in [1.165, 1.54) is 31.4 Å². The summed E-state index contributed by atoms with van der Waals surface area (Å²) in [6, 6.07) is 12.7. The number of thioether (sulfide) groups is 1. The number of hydrogen-bond acceptors (Lipinski definition) is 3. The van der Waals surface area contributed by atoms with E-state index in [9.17, 15) is 18.0 Å². The van der Waals surface area contributed by atoms with Crippen LogP contribution in [0.15, 0.2) is 66.2 Å². The van der Waals surface area contributed by atoms with Gasteiger partial charge >= 0.3 is 12.2 Å². The predicted octanol–water partition coefficient (Wildman–Crippen LogP) is 4.84. The molecule has 1 unspecified atom stereocenters. The molecule has 0 spiro atoms. The molecule has 1 heterocycles. The zero-order valence-electron chi connectivity index (χ0n) is 13.7. The number of amides is 2. The number of urea groups is 1. The Bertz CT molecular complexity index is 805. The van der Waals surface area contributed by atoms with Crippen LogP contribution in [0.1, 0.15) is 5.56 Å². The Kier molecular flexibility index (Phi) is 4.62. The second-order valence-electron chi connectivity index (χ2n) is 5.50. The first-order valence-corrected chi connectivity index (χ1v) is 8.36. The van der Waals surface area contributed by atoms with Gasteiger partial charge in [-0.25, -0.2) is 4.79 Å². The summed E-state index contributed by atoms with van der Waals surface area (Å²) in [5.74, 6) is 0.568. The lowest BCUT2D eigenvalue weighted by Crippen LogP contribution is -2.60. The number of rotatable bonds is 3. The second kappa shape index (κ2) is 6.60. The number of nitrogens with zero attached hydrogens (tertiary/aromatic N) is 1. The van der Waals surface area contributed by atoms with Crippen molar-refractivity contribution in [2.75, 3.05) is 12.0 Å². The third kappa shape index (κ3) is 3.01. The van der Waals surface area contributed by atoms with Crippen molar-refractivity contribution in [3.05, 3.63) is 71.8 Å². The number of carbonyl (C=O) groups is 1. The quantitative estimate of drug-likeness (QED) is 0.828. The van der Waals surface area contributed by atoms with Crippen molar-refractivity contribution < 1.29 is 22.7 Å². The lowest BCUT2D eigenvalue weighted by Gasteiger charge is -2.43. The van der Waals surface area contributed by atoms with Crippen LogP contribution in [0.2, 0.25) is 0 Å². The monoisotopic (exact) mass is 380 g/mol. The second-order valence-corrected chi connectivity index (χ2v) is 6.79. The Labute approximate surface area is 152 Å². The van der Waals surface area contributed by atoms with E-state index in [0.717, 1.165) is 4.90 Å². The SMILES string of the molecule is C=C1SC(c2ccccc2)(C(F)(F)F)NC(=O)N1c1ccc(OC)cc1. The van der Waals surface area contributed by atoms with E-state index >= 15 is 0 Å². The van der Waals surface area contributed by atoms with Gasteiger partial charge in [-0.15, -0.1) is 0 Å². The van der Waals surface area contributed by atoms with Crippen LogP contribution in [0, 0.1) is 0 Å². The van der Waals surface area contributed by atoms with Gasteiger partial charge in [-0.2, -0.15) is 13.2 Å². The maximum atomic E-state index is 13.9. The summed E-state index contributed by atoms with van der Waals surface area (Å²) in [5.41, 5.74) is 0.325. The Morgan fingerprint density at radius 1 is 1.12 bits per heavy atom. The summed E-state index contributed by atoms with van der Waals surface area (Å²) in [6.07, 6.45) is -4.72. The fraction of sp³-hybridized carbons (Fsp3) is 0.167. The first-order chi connectivity index (χ1) is 12.3. The normalized spacial score (nSPS) is 20.7. The van der Waals surface area contributed by atoms with Crippen molar-refractivity contribution in [1.29, 1.82) is 0 Å². The van der Waals surface area contributed by atoms with Crippen LogP contribution in [0.3, 0.4) is 0 Å². The van der Waals surface area contributed by atoms with Crippen molar-refractivity contribution >= 4 is 23.5 Å². The highest BCUT2D eigenvalue weighted by Crippen LogP contribution is 2.53. The van der Waals surface area contributed by atoms with Gasteiger partial charge in [0, 0.05) is 0 Å². The number of hydrogen-bond donors (Lipinski definition) is 1. The molecule has 26 heavy (non-hydrogen) atoms. The van der Waals surface area contributed by atoms with Crippen LogP contribution >= 0.6 is 11.8 Å². The van der Waals surface area contributed by atoms with Gasteiger partial charge in [-0.05, 0) is 29.8 Å². The molecule has 3 rings (SSSR count). The van der Waals surface area contributed by atoms with Gasteiger partial charge < -0.3 is 10.1 Å². The zero-order valence-corrected chi connectivity index (χ0v) is 14.5. The number of carbonyl (C=O) groups excluding carboxylic acids is 1. The van der Waals surface area contributed by atoms with E-state index in [0.29, 0.717) is 23.2 Å². The van der Waals surface area contributed by atoms with Crippen molar-refractivity contribution in [3.63, 3.8) is 0 Å². The smallest absolute Gasteiger partial charge is 0.425 e. The first-order valence-electron chi connectivity index (χ1n) is 7.55. The minimum atomic E-state index is -4.72. The summed E-state index contributed by atoms with van der Waals surface area (Å²) in [4.78, 5) is 11.1. The molecule has 0 bridgehead atoms. The predicted molar refractivity (Wildman–Crippen MR) is 94.9 cm³/mol. The van der Waals surface area contributed by atoms with Gasteiger partial charge in [-0.1, -0.05) is 48.7 Å². The van der Waals surface area contributed by atoms with Crippen LogP contribution < -0.4 is 15.0 Å². The highest BCUT2D eigenvalue weighted by atomic mass is 32.2. The molecule has 2 amide bonds. The number of methoxy groups -OCH3 is 1. The van der Waals surface area contributed by atoms with Crippen molar-refractivity contribution in [2.24, 2.45) is 0 Å². The van der Waals surface area contributed by atoms with Gasteiger partial charge in [-0.3, -0.25) is 4.90 Å². The molecule has 1 saturated heterocycles. The maximum absolute atomic E-state index is 13.9. The third-order valence-corrected chi connectivity index (χ3v) is 5.21. The van der Waals surface area contributed by atoms with Gasteiger partial charge in [0.1, 0.15) is 5.75 Å². The molecule has 1 N–H and O–H groups in total. The summed E-state index contributed by atoms with van der Waals surface area (Å²) < 4.78 is 46.9. The summed E-state index contributed by atoms with van der Waals surface area (Å²) in [7, 11) is 1.49. The number of anilines is 1. The molecule has 1 atom stereocenters. The van der Waals surface area contributed by atoms with Crippen LogP contribution in [0.5, 0.6) is 5.75 Å². The fourth-order valence-corrected chi connectivity index (χ4v) is 3.80.